The Hall–Kier alpha value is -1.91. The van der Waals surface area contributed by atoms with Crippen molar-refractivity contribution in [2.75, 3.05) is 0 Å². The molecule has 0 aliphatic carbocycles. The van der Waals surface area contributed by atoms with Crippen LogP contribution < -0.4 is 10.6 Å². The van der Waals surface area contributed by atoms with E-state index in [9.17, 15) is 9.59 Å². The molecule has 1 heterocycles. The van der Waals surface area contributed by atoms with Gasteiger partial charge in [-0.15, -0.1) is 0 Å². The van der Waals surface area contributed by atoms with Crippen LogP contribution in [-0.2, 0) is 16.0 Å². The van der Waals surface area contributed by atoms with Crippen molar-refractivity contribution in [3.05, 3.63) is 30.1 Å². The first-order valence-corrected chi connectivity index (χ1v) is 7.02. The molecule has 0 aromatic carbocycles. The molecular formula is C15H23N3O2. The van der Waals surface area contributed by atoms with Crippen LogP contribution in [0.2, 0.25) is 0 Å². The highest BCUT2D eigenvalue weighted by Gasteiger charge is 2.16. The molecule has 0 fully saturated rings. The van der Waals surface area contributed by atoms with Gasteiger partial charge in [-0.2, -0.15) is 0 Å². The standard InChI is InChI=1S/C15H23N3O2/c1-4-11(2)17-15(20)12(3)18-14(19)9-8-13-7-5-6-10-16-13/h5-7,10-12H,4,8-9H2,1-3H3,(H,17,20)(H,18,19). The number of carbonyl (C=O) groups excluding carboxylic acids is 2. The van der Waals surface area contributed by atoms with Crippen molar-refractivity contribution in [2.45, 2.75) is 52.1 Å². The molecule has 2 atom stereocenters. The van der Waals surface area contributed by atoms with E-state index in [0.29, 0.717) is 12.8 Å². The van der Waals surface area contributed by atoms with E-state index in [1.165, 1.54) is 0 Å². The first kappa shape index (κ1) is 16.1. The van der Waals surface area contributed by atoms with Gasteiger partial charge in [0.25, 0.3) is 0 Å². The number of nitrogens with zero attached hydrogens (tertiary/aromatic N) is 1. The number of rotatable bonds is 7. The minimum Gasteiger partial charge on any atom is -0.352 e. The molecule has 2 amide bonds. The zero-order valence-corrected chi connectivity index (χ0v) is 12.3. The Balaban J connectivity index is 2.32. The molecule has 0 radical (unpaired) electrons. The van der Waals surface area contributed by atoms with Crippen LogP contribution in [-0.4, -0.2) is 28.9 Å². The fraction of sp³-hybridized carbons (Fsp3) is 0.533. The lowest BCUT2D eigenvalue weighted by atomic mass is 10.2. The Morgan fingerprint density at radius 2 is 2.00 bits per heavy atom. The summed E-state index contributed by atoms with van der Waals surface area (Å²) in [5, 5.41) is 5.54. The van der Waals surface area contributed by atoms with Gasteiger partial charge in [-0.1, -0.05) is 13.0 Å². The van der Waals surface area contributed by atoms with Crippen molar-refractivity contribution in [1.82, 2.24) is 15.6 Å². The lowest BCUT2D eigenvalue weighted by Gasteiger charge is -2.17. The normalized spacial score (nSPS) is 13.3. The maximum atomic E-state index is 11.8. The number of carbonyl (C=O) groups is 2. The second kappa shape index (κ2) is 8.30. The second-order valence-corrected chi connectivity index (χ2v) is 4.93. The van der Waals surface area contributed by atoms with Crippen LogP contribution in [0.5, 0.6) is 0 Å². The van der Waals surface area contributed by atoms with E-state index >= 15 is 0 Å². The molecule has 2 unspecified atom stereocenters. The van der Waals surface area contributed by atoms with Crippen LogP contribution in [0.3, 0.4) is 0 Å². The third-order valence-corrected chi connectivity index (χ3v) is 3.11. The van der Waals surface area contributed by atoms with E-state index in [-0.39, 0.29) is 17.9 Å². The lowest BCUT2D eigenvalue weighted by molar-refractivity contribution is -0.128. The van der Waals surface area contributed by atoms with E-state index in [1.807, 2.05) is 32.0 Å². The number of aryl methyl sites for hydroxylation is 1. The molecular weight excluding hydrogens is 254 g/mol. The summed E-state index contributed by atoms with van der Waals surface area (Å²) < 4.78 is 0. The second-order valence-electron chi connectivity index (χ2n) is 4.93. The molecule has 0 saturated heterocycles. The Morgan fingerprint density at radius 3 is 2.60 bits per heavy atom. The average molecular weight is 277 g/mol. The average Bonchev–Trinajstić information content (AvgIpc) is 2.45. The van der Waals surface area contributed by atoms with Crippen molar-refractivity contribution in [2.24, 2.45) is 0 Å². The SMILES string of the molecule is CCC(C)NC(=O)C(C)NC(=O)CCc1ccccn1. The van der Waals surface area contributed by atoms with E-state index < -0.39 is 6.04 Å². The van der Waals surface area contributed by atoms with Crippen molar-refractivity contribution in [3.8, 4) is 0 Å². The zero-order valence-electron chi connectivity index (χ0n) is 12.3. The van der Waals surface area contributed by atoms with Crippen molar-refractivity contribution in [1.29, 1.82) is 0 Å². The van der Waals surface area contributed by atoms with Gasteiger partial charge in [-0.05, 0) is 38.8 Å². The van der Waals surface area contributed by atoms with Crippen molar-refractivity contribution < 1.29 is 9.59 Å². The third kappa shape index (κ3) is 5.82. The molecule has 0 aliphatic rings. The predicted molar refractivity (Wildman–Crippen MR) is 78.1 cm³/mol. The maximum Gasteiger partial charge on any atom is 0.242 e. The summed E-state index contributed by atoms with van der Waals surface area (Å²) in [5.41, 5.74) is 0.874. The topological polar surface area (TPSA) is 71.1 Å². The van der Waals surface area contributed by atoms with Gasteiger partial charge >= 0.3 is 0 Å². The molecule has 0 aliphatic heterocycles. The number of amides is 2. The molecule has 2 N–H and O–H groups in total. The Morgan fingerprint density at radius 1 is 1.25 bits per heavy atom. The van der Waals surface area contributed by atoms with Gasteiger partial charge in [0.1, 0.15) is 6.04 Å². The van der Waals surface area contributed by atoms with Crippen LogP contribution in [0.1, 0.15) is 39.3 Å². The molecule has 0 saturated carbocycles. The lowest BCUT2D eigenvalue weighted by Crippen LogP contribution is -2.47. The van der Waals surface area contributed by atoms with Gasteiger partial charge in [0.05, 0.1) is 0 Å². The van der Waals surface area contributed by atoms with E-state index in [4.69, 9.17) is 0 Å². The summed E-state index contributed by atoms with van der Waals surface area (Å²) in [6, 6.07) is 5.22. The number of aromatic nitrogens is 1. The predicted octanol–water partition coefficient (Wildman–Crippen LogP) is 1.43. The summed E-state index contributed by atoms with van der Waals surface area (Å²) in [6.07, 6.45) is 3.48. The molecule has 1 aromatic heterocycles. The molecule has 20 heavy (non-hydrogen) atoms. The first-order chi connectivity index (χ1) is 9.52. The van der Waals surface area contributed by atoms with Gasteiger partial charge in [-0.3, -0.25) is 14.6 Å². The van der Waals surface area contributed by atoms with Gasteiger partial charge in [0, 0.05) is 24.4 Å². The zero-order chi connectivity index (χ0) is 15.0. The first-order valence-electron chi connectivity index (χ1n) is 7.02. The molecule has 0 bridgehead atoms. The fourth-order valence-electron chi connectivity index (χ4n) is 1.64. The number of pyridine rings is 1. The summed E-state index contributed by atoms with van der Waals surface area (Å²) in [5.74, 6) is -0.284. The maximum absolute atomic E-state index is 11.8. The van der Waals surface area contributed by atoms with Gasteiger partial charge in [-0.25, -0.2) is 0 Å². The van der Waals surface area contributed by atoms with Gasteiger partial charge < -0.3 is 10.6 Å². The van der Waals surface area contributed by atoms with Crippen molar-refractivity contribution in [3.63, 3.8) is 0 Å². The number of hydrogen-bond donors (Lipinski definition) is 2. The van der Waals surface area contributed by atoms with Crippen LogP contribution in [0.15, 0.2) is 24.4 Å². The van der Waals surface area contributed by atoms with Gasteiger partial charge in [0.15, 0.2) is 0 Å². The summed E-state index contributed by atoms with van der Waals surface area (Å²) in [4.78, 5) is 27.7. The quantitative estimate of drug-likeness (QED) is 0.792. The molecule has 1 aromatic rings. The van der Waals surface area contributed by atoms with Gasteiger partial charge in [0.2, 0.25) is 11.8 Å². The van der Waals surface area contributed by atoms with E-state index in [0.717, 1.165) is 12.1 Å². The molecule has 5 heteroatoms. The number of hydrogen-bond acceptors (Lipinski definition) is 3. The number of nitrogens with one attached hydrogen (secondary N) is 2. The van der Waals surface area contributed by atoms with Crippen molar-refractivity contribution >= 4 is 11.8 Å². The van der Waals surface area contributed by atoms with E-state index in [1.54, 1.807) is 13.1 Å². The molecule has 5 nitrogen and oxygen atoms in total. The van der Waals surface area contributed by atoms with Crippen LogP contribution in [0.4, 0.5) is 0 Å². The largest absolute Gasteiger partial charge is 0.352 e. The Labute approximate surface area is 120 Å². The molecule has 0 spiro atoms. The smallest absolute Gasteiger partial charge is 0.242 e. The molecule has 110 valence electrons. The third-order valence-electron chi connectivity index (χ3n) is 3.11. The fourth-order valence-corrected chi connectivity index (χ4v) is 1.64. The highest BCUT2D eigenvalue weighted by atomic mass is 16.2. The highest BCUT2D eigenvalue weighted by molar-refractivity contribution is 5.87. The Kier molecular flexibility index (Phi) is 6.70. The highest BCUT2D eigenvalue weighted by Crippen LogP contribution is 1.99. The van der Waals surface area contributed by atoms with Crippen LogP contribution in [0.25, 0.3) is 0 Å². The monoisotopic (exact) mass is 277 g/mol. The summed E-state index contributed by atoms with van der Waals surface area (Å²) >= 11 is 0. The van der Waals surface area contributed by atoms with Crippen LogP contribution in [0, 0.1) is 0 Å². The summed E-state index contributed by atoms with van der Waals surface area (Å²) in [6.45, 7) is 5.63. The minimum absolute atomic E-state index is 0.121. The Bertz CT molecular complexity index is 434. The van der Waals surface area contributed by atoms with Crippen LogP contribution >= 0.6 is 0 Å². The minimum atomic E-state index is -0.514. The van der Waals surface area contributed by atoms with E-state index in [2.05, 4.69) is 15.6 Å². The summed E-state index contributed by atoms with van der Waals surface area (Å²) in [7, 11) is 0. The molecule has 1 rings (SSSR count).